The van der Waals surface area contributed by atoms with Crippen molar-refractivity contribution in [3.63, 3.8) is 0 Å². The zero-order valence-electron chi connectivity index (χ0n) is 21.0. The van der Waals surface area contributed by atoms with Crippen molar-refractivity contribution in [3.05, 3.63) is 59.7 Å². The Kier molecular flexibility index (Phi) is 18.2. The lowest BCUT2D eigenvalue weighted by Crippen LogP contribution is -2.32. The van der Waals surface area contributed by atoms with E-state index in [0.717, 1.165) is 24.2 Å². The van der Waals surface area contributed by atoms with Crippen molar-refractivity contribution in [1.29, 1.82) is 0 Å². The fourth-order valence-electron chi connectivity index (χ4n) is 2.64. The van der Waals surface area contributed by atoms with Crippen molar-refractivity contribution in [2.75, 3.05) is 25.7 Å². The number of hydrogen-bond acceptors (Lipinski definition) is 6. The van der Waals surface area contributed by atoms with Crippen LogP contribution in [0.3, 0.4) is 0 Å². The van der Waals surface area contributed by atoms with Gasteiger partial charge >= 0.3 is 11.9 Å². The van der Waals surface area contributed by atoms with Gasteiger partial charge in [0.1, 0.15) is 0 Å². The van der Waals surface area contributed by atoms with Gasteiger partial charge in [-0.1, -0.05) is 57.5 Å². The Labute approximate surface area is 194 Å². The molecule has 0 aliphatic heterocycles. The number of nitrogen functional groups attached to an aromatic ring is 2. The Morgan fingerprint density at radius 1 is 0.781 bits per heavy atom. The molecule has 2 aromatic rings. The maximum Gasteiger partial charge on any atom is 0.309 e. The van der Waals surface area contributed by atoms with E-state index in [9.17, 15) is 9.59 Å². The highest BCUT2D eigenvalue weighted by atomic mass is 16.5. The van der Waals surface area contributed by atoms with Crippen molar-refractivity contribution in [3.8, 4) is 0 Å². The summed E-state index contributed by atoms with van der Waals surface area (Å²) in [7, 11) is 2.79. The van der Waals surface area contributed by atoms with Gasteiger partial charge in [0.05, 0.1) is 20.1 Å². The van der Waals surface area contributed by atoms with E-state index in [-0.39, 0.29) is 17.9 Å². The summed E-state index contributed by atoms with van der Waals surface area (Å²) in [6, 6.07) is 15.5. The van der Waals surface area contributed by atoms with Gasteiger partial charge in [0.25, 0.3) is 0 Å². The lowest BCUT2D eigenvalue weighted by molar-refractivity contribution is -0.149. The third kappa shape index (κ3) is 12.6. The van der Waals surface area contributed by atoms with E-state index in [0.29, 0.717) is 5.92 Å². The molecule has 3 rings (SSSR count). The van der Waals surface area contributed by atoms with Crippen LogP contribution >= 0.6 is 0 Å². The summed E-state index contributed by atoms with van der Waals surface area (Å²) in [5.74, 6) is 0.0183. The molecule has 4 N–H and O–H groups in total. The zero-order chi connectivity index (χ0) is 25.1. The molecule has 180 valence electrons. The van der Waals surface area contributed by atoms with Crippen LogP contribution in [0.15, 0.2) is 48.5 Å². The van der Waals surface area contributed by atoms with Gasteiger partial charge in [-0.15, -0.1) is 0 Å². The number of carbonyl (C=O) groups is 2. The van der Waals surface area contributed by atoms with E-state index in [2.05, 4.69) is 4.74 Å². The topological polar surface area (TPSA) is 105 Å². The number of hydrogen-bond donors (Lipinski definition) is 2. The van der Waals surface area contributed by atoms with Crippen LogP contribution in [0.1, 0.15) is 64.5 Å². The lowest BCUT2D eigenvalue weighted by atomic mass is 9.70. The number of rotatable bonds is 2. The van der Waals surface area contributed by atoms with Crippen LogP contribution in [-0.4, -0.2) is 26.2 Å². The molecule has 6 heteroatoms. The molecule has 0 amide bonds. The summed E-state index contributed by atoms with van der Waals surface area (Å²) < 4.78 is 8.88. The van der Waals surface area contributed by atoms with E-state index in [1.54, 1.807) is 0 Å². The molecular weight excluding hydrogens is 404 g/mol. The number of ether oxygens (including phenoxy) is 2. The Hall–Kier alpha value is -3.02. The zero-order valence-corrected chi connectivity index (χ0v) is 21.0. The van der Waals surface area contributed by atoms with Crippen LogP contribution in [0.5, 0.6) is 0 Å². The molecule has 1 aliphatic carbocycles. The molecule has 6 nitrogen and oxygen atoms in total. The van der Waals surface area contributed by atoms with Crippen molar-refractivity contribution < 1.29 is 19.1 Å². The van der Waals surface area contributed by atoms with Crippen LogP contribution in [0.4, 0.5) is 11.4 Å². The van der Waals surface area contributed by atoms with Crippen LogP contribution < -0.4 is 11.5 Å². The smallest absolute Gasteiger partial charge is 0.309 e. The number of benzene rings is 2. The van der Waals surface area contributed by atoms with Gasteiger partial charge in [-0.25, -0.2) is 0 Å². The summed E-state index contributed by atoms with van der Waals surface area (Å²) in [6.45, 7) is 11.4. The number of anilines is 2. The fraction of sp³-hybridized carbons (Fsp3) is 0.462. The summed E-state index contributed by atoms with van der Waals surface area (Å²) >= 11 is 0. The molecule has 0 bridgehead atoms. The summed E-state index contributed by atoms with van der Waals surface area (Å²) in [6.07, 6.45) is 1.99. The fourth-order valence-corrected chi connectivity index (χ4v) is 2.64. The number of methoxy groups -OCH3 is 2. The first kappa shape index (κ1) is 31.2. The number of esters is 2. The molecule has 1 saturated carbocycles. The summed E-state index contributed by atoms with van der Waals surface area (Å²) in [5, 5.41) is 0. The van der Waals surface area contributed by atoms with E-state index >= 15 is 0 Å². The molecule has 2 atom stereocenters. The quantitative estimate of drug-likeness (QED) is 0.450. The van der Waals surface area contributed by atoms with Gasteiger partial charge in [0, 0.05) is 18.3 Å². The second kappa shape index (κ2) is 18.7. The van der Waals surface area contributed by atoms with Crippen LogP contribution in [0.2, 0.25) is 0 Å². The highest BCUT2D eigenvalue weighted by Crippen LogP contribution is 2.43. The first-order valence-corrected chi connectivity index (χ1v) is 11.1. The minimum atomic E-state index is -0.245. The minimum Gasteiger partial charge on any atom is -0.469 e. The largest absolute Gasteiger partial charge is 0.469 e. The van der Waals surface area contributed by atoms with Crippen LogP contribution in [0.25, 0.3) is 0 Å². The van der Waals surface area contributed by atoms with E-state index < -0.39 is 0 Å². The van der Waals surface area contributed by atoms with E-state index in [1.807, 2.05) is 83.1 Å². The Bertz CT molecular complexity index is 722. The normalized spacial score (nSPS) is 15.1. The van der Waals surface area contributed by atoms with Gasteiger partial charge in [0.15, 0.2) is 0 Å². The molecule has 2 unspecified atom stereocenters. The van der Waals surface area contributed by atoms with Crippen molar-refractivity contribution in [2.24, 2.45) is 5.92 Å². The Morgan fingerprint density at radius 3 is 1.47 bits per heavy atom. The Balaban J connectivity index is 0. The molecule has 1 aliphatic rings. The Morgan fingerprint density at radius 2 is 1.19 bits per heavy atom. The van der Waals surface area contributed by atoms with Crippen molar-refractivity contribution in [1.82, 2.24) is 0 Å². The third-order valence-electron chi connectivity index (χ3n) is 4.51. The van der Waals surface area contributed by atoms with Crippen molar-refractivity contribution >= 4 is 23.3 Å². The van der Waals surface area contributed by atoms with Crippen molar-refractivity contribution in [2.45, 2.75) is 60.3 Å². The third-order valence-corrected chi connectivity index (χ3v) is 4.51. The molecular formula is C26H42N2O4. The highest BCUT2D eigenvalue weighted by Gasteiger charge is 2.38. The second-order valence-electron chi connectivity index (χ2n) is 6.59. The number of carbonyl (C=O) groups excluding carboxylic acids is 2. The summed E-state index contributed by atoms with van der Waals surface area (Å²) in [5.41, 5.74) is 15.1. The molecule has 2 aromatic carbocycles. The number of nitrogens with two attached hydrogens (primary N) is 2. The predicted molar refractivity (Wildman–Crippen MR) is 134 cm³/mol. The molecule has 0 spiro atoms. The average molecular weight is 447 g/mol. The second-order valence-corrected chi connectivity index (χ2v) is 6.59. The summed E-state index contributed by atoms with van der Waals surface area (Å²) in [4.78, 5) is 21.0. The first-order valence-electron chi connectivity index (χ1n) is 11.1. The molecule has 0 radical (unpaired) electrons. The minimum absolute atomic E-state index is 0.0404. The van der Waals surface area contributed by atoms with Crippen LogP contribution in [0, 0.1) is 12.8 Å². The SMILES string of the molecule is CC.CC.COC(=O)C1CCC1c1ccc(N)cc1.COC(C)=O.Cc1ccc(N)cc1. The highest BCUT2D eigenvalue weighted by molar-refractivity contribution is 5.74. The van der Waals surface area contributed by atoms with Gasteiger partial charge in [-0.3, -0.25) is 9.59 Å². The molecule has 0 saturated heterocycles. The predicted octanol–water partition coefficient (Wildman–Crippen LogP) is 5.74. The number of aryl methyl sites for hydroxylation is 1. The van der Waals surface area contributed by atoms with Gasteiger partial charge in [-0.2, -0.15) is 0 Å². The van der Waals surface area contributed by atoms with Gasteiger partial charge in [-0.05, 0) is 55.5 Å². The van der Waals surface area contributed by atoms with Gasteiger partial charge in [0.2, 0.25) is 0 Å². The molecule has 32 heavy (non-hydrogen) atoms. The maximum atomic E-state index is 11.4. The molecule has 1 fully saturated rings. The van der Waals surface area contributed by atoms with Crippen LogP contribution in [-0.2, 0) is 19.1 Å². The monoisotopic (exact) mass is 446 g/mol. The van der Waals surface area contributed by atoms with E-state index in [4.69, 9.17) is 16.2 Å². The maximum absolute atomic E-state index is 11.4. The van der Waals surface area contributed by atoms with E-state index in [1.165, 1.54) is 32.3 Å². The first-order chi connectivity index (χ1) is 15.3. The lowest BCUT2D eigenvalue weighted by Gasteiger charge is -2.34. The standard InChI is InChI=1S/C12H15NO2.C7H9N.C3H6O2.2C2H6/c1-15-12(14)11-7-6-10(11)8-2-4-9(13)5-3-8;1-6-2-4-7(8)5-3-6;1-3(4)5-2;2*1-2/h2-5,10-11H,6-7,13H2,1H3;2-5H,8H2,1H3;1-2H3;2*1-2H3. The molecule has 0 heterocycles. The van der Waals surface area contributed by atoms with Gasteiger partial charge < -0.3 is 20.9 Å². The molecule has 0 aromatic heterocycles. The average Bonchev–Trinajstić information content (AvgIpc) is 2.80.